The molecular formula is C16H15ClO2. The molecule has 0 unspecified atom stereocenters. The minimum Gasteiger partial charge on any atom is -0.483 e. The predicted octanol–water partition coefficient (Wildman–Crippen LogP) is 4.30. The standard InChI is InChI=1S/C16H15ClO2/c1-11-10-14(8-9-15(11)17)19-12(2)16(18)13-6-4-3-5-7-13/h3-10,12H,1-2H3/t12-/m1/s1. The summed E-state index contributed by atoms with van der Waals surface area (Å²) in [7, 11) is 0. The number of hydrogen-bond donors (Lipinski definition) is 0. The van der Waals surface area contributed by atoms with Gasteiger partial charge in [0.05, 0.1) is 0 Å². The number of hydrogen-bond acceptors (Lipinski definition) is 2. The number of ketones is 1. The van der Waals surface area contributed by atoms with E-state index in [-0.39, 0.29) is 5.78 Å². The zero-order chi connectivity index (χ0) is 13.8. The van der Waals surface area contributed by atoms with Crippen LogP contribution in [0.3, 0.4) is 0 Å². The largest absolute Gasteiger partial charge is 0.483 e. The molecule has 0 aromatic heterocycles. The first kappa shape index (κ1) is 13.6. The van der Waals surface area contributed by atoms with Gasteiger partial charge >= 0.3 is 0 Å². The highest BCUT2D eigenvalue weighted by Gasteiger charge is 2.16. The molecule has 2 aromatic carbocycles. The van der Waals surface area contributed by atoms with Gasteiger partial charge in [-0.25, -0.2) is 0 Å². The summed E-state index contributed by atoms with van der Waals surface area (Å²) in [5.41, 5.74) is 1.58. The van der Waals surface area contributed by atoms with Crippen molar-refractivity contribution in [2.24, 2.45) is 0 Å². The van der Waals surface area contributed by atoms with E-state index in [1.54, 1.807) is 31.2 Å². The summed E-state index contributed by atoms with van der Waals surface area (Å²) < 4.78 is 5.66. The Kier molecular flexibility index (Phi) is 4.23. The van der Waals surface area contributed by atoms with Gasteiger partial charge in [-0.15, -0.1) is 0 Å². The molecule has 0 spiro atoms. The monoisotopic (exact) mass is 274 g/mol. The number of aryl methyl sites for hydroxylation is 1. The molecule has 0 radical (unpaired) electrons. The number of Topliss-reactive ketones (excluding diaryl/α,β-unsaturated/α-hetero) is 1. The minimum absolute atomic E-state index is 0.0341. The van der Waals surface area contributed by atoms with Crippen LogP contribution in [-0.2, 0) is 0 Å². The molecule has 3 heteroatoms. The Labute approximate surface area is 118 Å². The van der Waals surface area contributed by atoms with E-state index in [4.69, 9.17) is 16.3 Å². The van der Waals surface area contributed by atoms with Gasteiger partial charge in [-0.05, 0) is 37.6 Å². The van der Waals surface area contributed by atoms with Gasteiger partial charge in [0.15, 0.2) is 6.10 Å². The summed E-state index contributed by atoms with van der Waals surface area (Å²) in [6.45, 7) is 3.65. The quantitative estimate of drug-likeness (QED) is 0.777. The topological polar surface area (TPSA) is 26.3 Å². The van der Waals surface area contributed by atoms with Gasteiger partial charge in [-0.2, -0.15) is 0 Å². The van der Waals surface area contributed by atoms with Gasteiger partial charge in [0.1, 0.15) is 5.75 Å². The Morgan fingerprint density at radius 2 is 1.84 bits per heavy atom. The van der Waals surface area contributed by atoms with Crippen molar-refractivity contribution in [3.8, 4) is 5.75 Å². The molecule has 0 aliphatic carbocycles. The first-order chi connectivity index (χ1) is 9.08. The lowest BCUT2D eigenvalue weighted by atomic mass is 10.1. The van der Waals surface area contributed by atoms with Crippen LogP contribution < -0.4 is 4.74 Å². The summed E-state index contributed by atoms with van der Waals surface area (Å²) >= 11 is 5.95. The normalized spacial score (nSPS) is 11.9. The van der Waals surface area contributed by atoms with Crippen molar-refractivity contribution in [1.29, 1.82) is 0 Å². The van der Waals surface area contributed by atoms with Crippen LogP contribution in [0.25, 0.3) is 0 Å². The lowest BCUT2D eigenvalue weighted by Gasteiger charge is -2.14. The highest BCUT2D eigenvalue weighted by molar-refractivity contribution is 6.31. The van der Waals surface area contributed by atoms with Crippen LogP contribution >= 0.6 is 11.6 Å². The first-order valence-corrected chi connectivity index (χ1v) is 6.48. The lowest BCUT2D eigenvalue weighted by Crippen LogP contribution is -2.23. The Balaban J connectivity index is 2.10. The zero-order valence-corrected chi connectivity index (χ0v) is 11.6. The van der Waals surface area contributed by atoms with E-state index in [9.17, 15) is 4.79 Å². The van der Waals surface area contributed by atoms with E-state index in [1.807, 2.05) is 31.2 Å². The second-order valence-corrected chi connectivity index (χ2v) is 4.81. The molecule has 2 aromatic rings. The number of benzene rings is 2. The van der Waals surface area contributed by atoms with Crippen LogP contribution in [0.1, 0.15) is 22.8 Å². The number of rotatable bonds is 4. The van der Waals surface area contributed by atoms with E-state index in [1.165, 1.54) is 0 Å². The Morgan fingerprint density at radius 3 is 2.47 bits per heavy atom. The maximum Gasteiger partial charge on any atom is 0.202 e. The summed E-state index contributed by atoms with van der Waals surface area (Å²) in [5, 5.41) is 0.689. The van der Waals surface area contributed by atoms with Crippen molar-refractivity contribution >= 4 is 17.4 Å². The highest BCUT2D eigenvalue weighted by atomic mass is 35.5. The minimum atomic E-state index is -0.525. The molecule has 2 nitrogen and oxygen atoms in total. The Bertz CT molecular complexity index is 579. The van der Waals surface area contributed by atoms with Crippen LogP contribution in [0.5, 0.6) is 5.75 Å². The van der Waals surface area contributed by atoms with E-state index in [2.05, 4.69) is 0 Å². The van der Waals surface area contributed by atoms with Gasteiger partial charge in [0.25, 0.3) is 0 Å². The molecular weight excluding hydrogens is 260 g/mol. The van der Waals surface area contributed by atoms with Crippen LogP contribution in [0.15, 0.2) is 48.5 Å². The van der Waals surface area contributed by atoms with Gasteiger partial charge in [0.2, 0.25) is 5.78 Å². The zero-order valence-electron chi connectivity index (χ0n) is 10.9. The van der Waals surface area contributed by atoms with Gasteiger partial charge in [-0.3, -0.25) is 4.79 Å². The van der Waals surface area contributed by atoms with E-state index in [0.717, 1.165) is 5.56 Å². The molecule has 1 atom stereocenters. The maximum absolute atomic E-state index is 12.1. The van der Waals surface area contributed by atoms with Crippen LogP contribution in [-0.4, -0.2) is 11.9 Å². The molecule has 2 rings (SSSR count). The van der Waals surface area contributed by atoms with Gasteiger partial charge in [-0.1, -0.05) is 41.9 Å². The number of carbonyl (C=O) groups excluding carboxylic acids is 1. The number of ether oxygens (including phenoxy) is 1. The Hall–Kier alpha value is -1.80. The average Bonchev–Trinajstić information content (AvgIpc) is 2.43. The number of halogens is 1. The van der Waals surface area contributed by atoms with Crippen LogP contribution in [0, 0.1) is 6.92 Å². The van der Waals surface area contributed by atoms with Crippen LogP contribution in [0.4, 0.5) is 0 Å². The molecule has 0 fully saturated rings. The number of carbonyl (C=O) groups is 1. The summed E-state index contributed by atoms with van der Waals surface area (Å²) in [5.74, 6) is 0.617. The smallest absolute Gasteiger partial charge is 0.202 e. The van der Waals surface area contributed by atoms with Crippen molar-refractivity contribution < 1.29 is 9.53 Å². The molecule has 0 heterocycles. The molecule has 19 heavy (non-hydrogen) atoms. The van der Waals surface area contributed by atoms with E-state index >= 15 is 0 Å². The third-order valence-corrected chi connectivity index (χ3v) is 3.29. The molecule has 0 saturated carbocycles. The lowest BCUT2D eigenvalue weighted by molar-refractivity contribution is 0.0818. The van der Waals surface area contributed by atoms with Crippen molar-refractivity contribution in [3.63, 3.8) is 0 Å². The van der Waals surface area contributed by atoms with Crippen LogP contribution in [0.2, 0.25) is 5.02 Å². The molecule has 0 N–H and O–H groups in total. The molecule has 0 bridgehead atoms. The molecule has 0 aliphatic rings. The molecule has 0 aliphatic heterocycles. The van der Waals surface area contributed by atoms with Crippen molar-refractivity contribution in [2.75, 3.05) is 0 Å². The third kappa shape index (κ3) is 3.36. The predicted molar refractivity (Wildman–Crippen MR) is 77.1 cm³/mol. The Morgan fingerprint density at radius 1 is 1.16 bits per heavy atom. The average molecular weight is 275 g/mol. The van der Waals surface area contributed by atoms with Gasteiger partial charge in [0, 0.05) is 10.6 Å². The summed E-state index contributed by atoms with van der Waals surface area (Å²) in [4.78, 5) is 12.1. The molecule has 98 valence electrons. The summed E-state index contributed by atoms with van der Waals surface area (Å²) in [6.07, 6.45) is -0.525. The SMILES string of the molecule is Cc1cc(O[C@H](C)C(=O)c2ccccc2)ccc1Cl. The molecule has 0 saturated heterocycles. The second kappa shape index (κ2) is 5.89. The maximum atomic E-state index is 12.1. The first-order valence-electron chi connectivity index (χ1n) is 6.10. The highest BCUT2D eigenvalue weighted by Crippen LogP contribution is 2.22. The fourth-order valence-electron chi connectivity index (χ4n) is 1.79. The van der Waals surface area contributed by atoms with E-state index in [0.29, 0.717) is 16.3 Å². The van der Waals surface area contributed by atoms with E-state index < -0.39 is 6.10 Å². The van der Waals surface area contributed by atoms with Gasteiger partial charge < -0.3 is 4.74 Å². The third-order valence-electron chi connectivity index (χ3n) is 2.87. The van der Waals surface area contributed by atoms with Crippen molar-refractivity contribution in [2.45, 2.75) is 20.0 Å². The summed E-state index contributed by atoms with van der Waals surface area (Å²) in [6, 6.07) is 14.5. The second-order valence-electron chi connectivity index (χ2n) is 4.40. The fraction of sp³-hybridized carbons (Fsp3) is 0.188. The molecule has 0 amide bonds. The van der Waals surface area contributed by atoms with Crippen molar-refractivity contribution in [3.05, 3.63) is 64.7 Å². The van der Waals surface area contributed by atoms with Crippen molar-refractivity contribution in [1.82, 2.24) is 0 Å². The fourth-order valence-corrected chi connectivity index (χ4v) is 1.90.